The number of aryl methyl sites for hydroxylation is 2. The summed E-state index contributed by atoms with van der Waals surface area (Å²) in [6.07, 6.45) is 0. The topological polar surface area (TPSA) is 72.2 Å². The van der Waals surface area contributed by atoms with Crippen molar-refractivity contribution in [3.8, 4) is 0 Å². The monoisotopic (exact) mass is 388 g/mol. The van der Waals surface area contributed by atoms with Crippen LogP contribution < -0.4 is 10.5 Å². The van der Waals surface area contributed by atoms with E-state index in [-0.39, 0.29) is 9.92 Å². The molecule has 0 aromatic heterocycles. The summed E-state index contributed by atoms with van der Waals surface area (Å²) in [5.41, 5.74) is 8.27. The molecule has 0 atom stereocenters. The smallest absolute Gasteiger partial charge is 0.263 e. The fourth-order valence-corrected chi connectivity index (χ4v) is 3.96. The maximum Gasteiger partial charge on any atom is 0.263 e. The van der Waals surface area contributed by atoms with Crippen LogP contribution in [0.1, 0.15) is 11.1 Å². The van der Waals surface area contributed by atoms with Gasteiger partial charge in [0.2, 0.25) is 0 Å². The second-order valence-electron chi connectivity index (χ2n) is 4.73. The lowest BCUT2D eigenvalue weighted by Crippen LogP contribution is -2.14. The SMILES string of the molecule is Cc1ccc(Br)c(NS(=O)(=O)c2cc(N)c(C)cc2Cl)c1. The Kier molecular flexibility index (Phi) is 4.51. The number of hydrogen-bond donors (Lipinski definition) is 2. The molecular weight excluding hydrogens is 376 g/mol. The molecule has 3 N–H and O–H groups in total. The third-order valence-corrected chi connectivity index (χ3v) is 5.50. The molecule has 0 saturated carbocycles. The van der Waals surface area contributed by atoms with Crippen molar-refractivity contribution in [2.24, 2.45) is 0 Å². The van der Waals surface area contributed by atoms with Crippen LogP contribution in [0.15, 0.2) is 39.7 Å². The highest BCUT2D eigenvalue weighted by molar-refractivity contribution is 9.10. The average molecular weight is 390 g/mol. The molecule has 112 valence electrons. The molecule has 0 radical (unpaired) electrons. The van der Waals surface area contributed by atoms with Gasteiger partial charge in [0, 0.05) is 10.2 Å². The third-order valence-electron chi connectivity index (χ3n) is 2.98. The molecule has 0 heterocycles. The van der Waals surface area contributed by atoms with E-state index in [9.17, 15) is 8.42 Å². The number of anilines is 2. The van der Waals surface area contributed by atoms with Crippen molar-refractivity contribution in [1.82, 2.24) is 0 Å². The molecule has 0 amide bonds. The lowest BCUT2D eigenvalue weighted by molar-refractivity contribution is 0.601. The number of hydrogen-bond acceptors (Lipinski definition) is 3. The third kappa shape index (κ3) is 3.51. The van der Waals surface area contributed by atoms with E-state index < -0.39 is 10.0 Å². The second-order valence-corrected chi connectivity index (χ2v) is 7.64. The standard InChI is InChI=1S/C14H14BrClN2O2S/c1-8-3-4-10(15)13(5-8)18-21(19,20)14-7-12(17)9(2)6-11(14)16/h3-7,18H,17H2,1-2H3. The largest absolute Gasteiger partial charge is 0.398 e. The van der Waals surface area contributed by atoms with Crippen molar-refractivity contribution in [3.05, 3.63) is 51.0 Å². The summed E-state index contributed by atoms with van der Waals surface area (Å²) < 4.78 is 28.1. The van der Waals surface area contributed by atoms with Crippen molar-refractivity contribution < 1.29 is 8.42 Å². The predicted molar refractivity (Wildman–Crippen MR) is 90.3 cm³/mol. The lowest BCUT2D eigenvalue weighted by Gasteiger charge is -2.13. The number of nitrogen functional groups attached to an aromatic ring is 1. The van der Waals surface area contributed by atoms with Crippen LogP contribution in [0.2, 0.25) is 5.02 Å². The summed E-state index contributed by atoms with van der Waals surface area (Å²) in [4.78, 5) is -0.0410. The molecule has 21 heavy (non-hydrogen) atoms. The highest BCUT2D eigenvalue weighted by Gasteiger charge is 2.20. The molecule has 0 spiro atoms. The molecule has 0 aliphatic rings. The normalized spacial score (nSPS) is 11.4. The van der Waals surface area contributed by atoms with E-state index in [4.69, 9.17) is 17.3 Å². The van der Waals surface area contributed by atoms with E-state index in [0.717, 1.165) is 11.1 Å². The van der Waals surface area contributed by atoms with E-state index in [1.165, 1.54) is 12.1 Å². The molecular formula is C14H14BrClN2O2S. The first-order valence-electron chi connectivity index (χ1n) is 6.05. The number of halogens is 2. The zero-order valence-electron chi connectivity index (χ0n) is 11.4. The first-order valence-corrected chi connectivity index (χ1v) is 8.71. The molecule has 0 aliphatic heterocycles. The minimum absolute atomic E-state index is 0.0410. The van der Waals surface area contributed by atoms with Gasteiger partial charge in [0.15, 0.2) is 0 Å². The zero-order chi connectivity index (χ0) is 15.8. The fourth-order valence-electron chi connectivity index (χ4n) is 1.79. The Morgan fingerprint density at radius 1 is 1.19 bits per heavy atom. The molecule has 0 aliphatic carbocycles. The van der Waals surface area contributed by atoms with E-state index in [0.29, 0.717) is 15.8 Å². The van der Waals surface area contributed by atoms with Gasteiger partial charge in [-0.1, -0.05) is 17.7 Å². The number of nitrogens with one attached hydrogen (secondary N) is 1. The van der Waals surface area contributed by atoms with Crippen LogP contribution in [0, 0.1) is 13.8 Å². The maximum absolute atomic E-state index is 12.5. The van der Waals surface area contributed by atoms with Gasteiger partial charge in [0.25, 0.3) is 10.0 Å². The number of sulfonamides is 1. The van der Waals surface area contributed by atoms with Crippen LogP contribution in [-0.2, 0) is 10.0 Å². The molecule has 2 rings (SSSR count). The maximum atomic E-state index is 12.5. The quantitative estimate of drug-likeness (QED) is 0.776. The van der Waals surface area contributed by atoms with Crippen LogP contribution in [0.3, 0.4) is 0 Å². The summed E-state index contributed by atoms with van der Waals surface area (Å²) in [5, 5.41) is 0.137. The molecule has 0 saturated heterocycles. The van der Waals surface area contributed by atoms with Crippen molar-refractivity contribution in [2.45, 2.75) is 18.7 Å². The van der Waals surface area contributed by atoms with E-state index in [2.05, 4.69) is 20.7 Å². The van der Waals surface area contributed by atoms with Gasteiger partial charge in [-0.2, -0.15) is 0 Å². The summed E-state index contributed by atoms with van der Waals surface area (Å²) in [5.74, 6) is 0. The molecule has 2 aromatic carbocycles. The van der Waals surface area contributed by atoms with E-state index >= 15 is 0 Å². The van der Waals surface area contributed by atoms with Gasteiger partial charge in [-0.05, 0) is 65.2 Å². The van der Waals surface area contributed by atoms with Gasteiger partial charge >= 0.3 is 0 Å². The van der Waals surface area contributed by atoms with E-state index in [1.54, 1.807) is 19.1 Å². The molecule has 4 nitrogen and oxygen atoms in total. The molecule has 0 fully saturated rings. The summed E-state index contributed by atoms with van der Waals surface area (Å²) in [7, 11) is -3.81. The lowest BCUT2D eigenvalue weighted by atomic mass is 10.2. The summed E-state index contributed by atoms with van der Waals surface area (Å²) in [6, 6.07) is 8.28. The highest BCUT2D eigenvalue weighted by atomic mass is 79.9. The summed E-state index contributed by atoms with van der Waals surface area (Å²) in [6.45, 7) is 3.64. The van der Waals surface area contributed by atoms with Crippen molar-refractivity contribution in [1.29, 1.82) is 0 Å². The Hall–Kier alpha value is -1.24. The van der Waals surface area contributed by atoms with Crippen LogP contribution in [-0.4, -0.2) is 8.42 Å². The minimum Gasteiger partial charge on any atom is -0.398 e. The van der Waals surface area contributed by atoms with Gasteiger partial charge < -0.3 is 5.73 Å². The average Bonchev–Trinajstić information content (AvgIpc) is 2.37. The van der Waals surface area contributed by atoms with Gasteiger partial charge in [0.1, 0.15) is 4.90 Å². The molecule has 0 unspecified atom stereocenters. The molecule has 2 aromatic rings. The Labute approximate surface area is 137 Å². The molecule has 0 bridgehead atoms. The van der Waals surface area contributed by atoms with Crippen molar-refractivity contribution in [3.63, 3.8) is 0 Å². The van der Waals surface area contributed by atoms with Crippen LogP contribution in [0.5, 0.6) is 0 Å². The Morgan fingerprint density at radius 2 is 1.86 bits per heavy atom. The second kappa shape index (κ2) is 5.87. The first-order chi connectivity index (χ1) is 9.70. The van der Waals surface area contributed by atoms with E-state index in [1.807, 2.05) is 13.0 Å². The van der Waals surface area contributed by atoms with Crippen LogP contribution in [0.4, 0.5) is 11.4 Å². The molecule has 7 heteroatoms. The van der Waals surface area contributed by atoms with Crippen molar-refractivity contribution in [2.75, 3.05) is 10.5 Å². The van der Waals surface area contributed by atoms with Gasteiger partial charge in [-0.15, -0.1) is 0 Å². The van der Waals surface area contributed by atoms with Gasteiger partial charge in [-0.25, -0.2) is 8.42 Å². The number of benzene rings is 2. The number of nitrogens with two attached hydrogens (primary N) is 1. The first kappa shape index (κ1) is 16.1. The summed E-state index contributed by atoms with van der Waals surface area (Å²) >= 11 is 9.35. The predicted octanol–water partition coefficient (Wildman–Crippen LogP) is 4.10. The van der Waals surface area contributed by atoms with Crippen molar-refractivity contribution >= 4 is 48.9 Å². The van der Waals surface area contributed by atoms with Crippen LogP contribution in [0.25, 0.3) is 0 Å². The van der Waals surface area contributed by atoms with Gasteiger partial charge in [-0.3, -0.25) is 4.72 Å². The zero-order valence-corrected chi connectivity index (χ0v) is 14.6. The highest BCUT2D eigenvalue weighted by Crippen LogP contribution is 2.30. The Bertz CT molecular complexity index is 807. The Balaban J connectivity index is 2.48. The van der Waals surface area contributed by atoms with Gasteiger partial charge in [0.05, 0.1) is 10.7 Å². The minimum atomic E-state index is -3.81. The fraction of sp³-hybridized carbons (Fsp3) is 0.143. The number of rotatable bonds is 3. The van der Waals surface area contributed by atoms with Crippen LogP contribution >= 0.6 is 27.5 Å². The Morgan fingerprint density at radius 3 is 2.52 bits per heavy atom.